The van der Waals surface area contributed by atoms with Crippen molar-refractivity contribution < 1.29 is 4.79 Å². The molecule has 1 aliphatic rings. The Balaban J connectivity index is 2.00. The zero-order chi connectivity index (χ0) is 21.7. The number of carbonyl (C=O) groups is 1. The molecular weight excluding hydrogens is 384 g/mol. The first kappa shape index (κ1) is 19.8. The molecule has 0 saturated carbocycles. The molecule has 0 radical (unpaired) electrons. The van der Waals surface area contributed by atoms with Crippen LogP contribution in [0.15, 0.2) is 39.0 Å². The molecule has 0 unspecified atom stereocenters. The van der Waals surface area contributed by atoms with Crippen molar-refractivity contribution in [2.24, 2.45) is 12.1 Å². The lowest BCUT2D eigenvalue weighted by molar-refractivity contribution is -0.115. The van der Waals surface area contributed by atoms with Gasteiger partial charge in [-0.3, -0.25) is 23.3 Å². The number of nitrogens with zero attached hydrogens (tertiary/aromatic N) is 6. The average molecular weight is 408 g/mol. The summed E-state index contributed by atoms with van der Waals surface area (Å²) in [4.78, 5) is 42.8. The molecule has 30 heavy (non-hydrogen) atoms. The first-order chi connectivity index (χ1) is 14.2. The van der Waals surface area contributed by atoms with Gasteiger partial charge in [0, 0.05) is 7.05 Å². The van der Waals surface area contributed by atoms with Gasteiger partial charge in [-0.2, -0.15) is 10.1 Å². The molecule has 2 aromatic heterocycles. The smallest absolute Gasteiger partial charge is 0.298 e. The van der Waals surface area contributed by atoms with Crippen molar-refractivity contribution in [2.45, 2.75) is 40.3 Å². The number of anilines is 1. The molecule has 1 aliphatic heterocycles. The molecule has 3 aromatic rings. The molecule has 0 N–H and O–H groups in total. The van der Waals surface area contributed by atoms with Crippen molar-refractivity contribution in [1.82, 2.24) is 18.7 Å². The van der Waals surface area contributed by atoms with Crippen LogP contribution < -0.4 is 16.3 Å². The van der Waals surface area contributed by atoms with Crippen LogP contribution in [0.2, 0.25) is 0 Å². The lowest BCUT2D eigenvalue weighted by Crippen LogP contribution is -2.41. The van der Waals surface area contributed by atoms with E-state index in [-0.39, 0.29) is 30.6 Å². The fraction of sp³-hybridized carbons (Fsp3) is 0.381. The van der Waals surface area contributed by atoms with E-state index in [9.17, 15) is 14.4 Å². The molecule has 4 rings (SSSR count). The van der Waals surface area contributed by atoms with Gasteiger partial charge in [-0.15, -0.1) is 0 Å². The summed E-state index contributed by atoms with van der Waals surface area (Å²) in [5.41, 5.74) is 2.43. The third-order valence-corrected chi connectivity index (χ3v) is 5.62. The second-order valence-electron chi connectivity index (χ2n) is 7.79. The Bertz CT molecular complexity index is 1330. The highest BCUT2D eigenvalue weighted by Crippen LogP contribution is 2.29. The third kappa shape index (κ3) is 2.97. The molecule has 9 nitrogen and oxygen atoms in total. The van der Waals surface area contributed by atoms with Gasteiger partial charge in [0.25, 0.3) is 5.56 Å². The second-order valence-corrected chi connectivity index (χ2v) is 7.79. The van der Waals surface area contributed by atoms with E-state index in [4.69, 9.17) is 0 Å². The van der Waals surface area contributed by atoms with Crippen LogP contribution in [0.4, 0.5) is 5.95 Å². The van der Waals surface area contributed by atoms with Crippen molar-refractivity contribution in [2.75, 3.05) is 11.6 Å². The van der Waals surface area contributed by atoms with E-state index in [0.717, 1.165) is 16.8 Å². The van der Waals surface area contributed by atoms with Gasteiger partial charge in [-0.1, -0.05) is 24.3 Å². The average Bonchev–Trinajstić information content (AvgIpc) is 3.10. The normalized spacial score (nSPS) is 16.0. The van der Waals surface area contributed by atoms with E-state index in [2.05, 4.69) is 10.1 Å². The Labute approximate surface area is 172 Å². The Kier molecular flexibility index (Phi) is 4.68. The molecule has 0 spiro atoms. The Hall–Kier alpha value is -3.49. The Morgan fingerprint density at radius 1 is 1.17 bits per heavy atom. The van der Waals surface area contributed by atoms with Crippen LogP contribution in [0.5, 0.6) is 0 Å². The van der Waals surface area contributed by atoms with Gasteiger partial charge in [-0.25, -0.2) is 9.80 Å². The highest BCUT2D eigenvalue weighted by Gasteiger charge is 2.31. The fourth-order valence-corrected chi connectivity index (χ4v) is 3.80. The quantitative estimate of drug-likeness (QED) is 0.654. The third-order valence-electron chi connectivity index (χ3n) is 5.62. The van der Waals surface area contributed by atoms with Crippen molar-refractivity contribution in [3.05, 3.63) is 56.2 Å². The number of imidazole rings is 1. The lowest BCUT2D eigenvalue weighted by Gasteiger charge is -2.28. The summed E-state index contributed by atoms with van der Waals surface area (Å²) in [6, 6.07) is 7.43. The summed E-state index contributed by atoms with van der Waals surface area (Å²) in [5, 5.41) is 5.97. The van der Waals surface area contributed by atoms with E-state index < -0.39 is 11.2 Å². The first-order valence-corrected chi connectivity index (χ1v) is 9.79. The zero-order valence-electron chi connectivity index (χ0n) is 17.7. The van der Waals surface area contributed by atoms with Crippen molar-refractivity contribution in [3.63, 3.8) is 0 Å². The number of hydrogen-bond acceptors (Lipinski definition) is 6. The van der Waals surface area contributed by atoms with Crippen LogP contribution in [0.3, 0.4) is 0 Å². The fourth-order valence-electron chi connectivity index (χ4n) is 3.80. The van der Waals surface area contributed by atoms with Crippen LogP contribution >= 0.6 is 0 Å². The standard InChI is InChI=1S/C21H24N6O3/c1-12-8-6-7-9-16(12)11-25-19(29)17-18(24(5)21(25)30)22-20-26(10-13(2)28)23-14(3)15(4)27(17)20/h6-9,15H,10-11H2,1-5H3/t15-/m1/s1. The number of benzene rings is 1. The molecule has 1 atom stereocenters. The molecular formula is C21H24N6O3. The number of aryl methyl sites for hydroxylation is 2. The lowest BCUT2D eigenvalue weighted by atomic mass is 10.1. The molecule has 0 bridgehead atoms. The molecule has 1 aromatic carbocycles. The number of fused-ring (bicyclic) bond motifs is 3. The van der Waals surface area contributed by atoms with Gasteiger partial charge in [-0.05, 0) is 38.8 Å². The Morgan fingerprint density at radius 3 is 2.53 bits per heavy atom. The number of aromatic nitrogens is 4. The SMILES string of the molecule is CC(=O)CN1N=C(C)[C@@H](C)n2c1nc1c2c(=O)n(Cc2ccccc2C)c(=O)n1C. The maximum Gasteiger partial charge on any atom is 0.332 e. The van der Waals surface area contributed by atoms with E-state index in [1.54, 1.807) is 11.6 Å². The maximum atomic E-state index is 13.5. The maximum absolute atomic E-state index is 13.5. The number of Topliss-reactive ketones (excluding diaryl/α,β-unsaturated/α-hetero) is 1. The summed E-state index contributed by atoms with van der Waals surface area (Å²) < 4.78 is 4.40. The molecule has 0 amide bonds. The van der Waals surface area contributed by atoms with Gasteiger partial charge in [0.2, 0.25) is 5.95 Å². The van der Waals surface area contributed by atoms with Gasteiger partial charge in [0.15, 0.2) is 16.9 Å². The monoisotopic (exact) mass is 408 g/mol. The minimum atomic E-state index is -0.436. The number of hydrogen-bond donors (Lipinski definition) is 0. The summed E-state index contributed by atoms with van der Waals surface area (Å²) >= 11 is 0. The minimum Gasteiger partial charge on any atom is -0.298 e. The molecule has 0 saturated heterocycles. The van der Waals surface area contributed by atoms with Crippen molar-refractivity contribution in [3.8, 4) is 0 Å². The van der Waals surface area contributed by atoms with Crippen molar-refractivity contribution >= 4 is 28.6 Å². The zero-order valence-corrected chi connectivity index (χ0v) is 17.7. The molecule has 9 heteroatoms. The molecule has 3 heterocycles. The van der Waals surface area contributed by atoms with Crippen LogP contribution in [0.25, 0.3) is 11.2 Å². The van der Waals surface area contributed by atoms with Gasteiger partial charge in [0.05, 0.1) is 18.3 Å². The first-order valence-electron chi connectivity index (χ1n) is 9.79. The summed E-state index contributed by atoms with van der Waals surface area (Å²) in [6.45, 7) is 7.41. The van der Waals surface area contributed by atoms with E-state index in [0.29, 0.717) is 11.5 Å². The molecule has 0 fully saturated rings. The minimum absolute atomic E-state index is 0.0404. The molecule has 156 valence electrons. The van der Waals surface area contributed by atoms with E-state index in [1.807, 2.05) is 45.0 Å². The van der Waals surface area contributed by atoms with Gasteiger partial charge < -0.3 is 0 Å². The number of rotatable bonds is 4. The predicted octanol–water partition coefficient (Wildman–Crippen LogP) is 1.60. The largest absolute Gasteiger partial charge is 0.332 e. The summed E-state index contributed by atoms with van der Waals surface area (Å²) in [7, 11) is 1.60. The topological polar surface area (TPSA) is 94.5 Å². The van der Waals surface area contributed by atoms with Gasteiger partial charge in [0.1, 0.15) is 6.54 Å². The van der Waals surface area contributed by atoms with Crippen LogP contribution in [-0.2, 0) is 18.4 Å². The number of ketones is 1. The molecule has 0 aliphatic carbocycles. The highest BCUT2D eigenvalue weighted by molar-refractivity contribution is 5.92. The second kappa shape index (κ2) is 7.08. The van der Waals surface area contributed by atoms with Gasteiger partial charge >= 0.3 is 5.69 Å². The Morgan fingerprint density at radius 2 is 1.87 bits per heavy atom. The highest BCUT2D eigenvalue weighted by atomic mass is 16.2. The summed E-state index contributed by atoms with van der Waals surface area (Å²) in [6.07, 6.45) is 0. The van der Waals surface area contributed by atoms with Crippen LogP contribution in [-0.4, -0.2) is 36.7 Å². The van der Waals surface area contributed by atoms with E-state index >= 15 is 0 Å². The summed E-state index contributed by atoms with van der Waals surface area (Å²) in [5.74, 6) is 0.310. The van der Waals surface area contributed by atoms with Crippen LogP contribution in [0, 0.1) is 6.92 Å². The van der Waals surface area contributed by atoms with Crippen LogP contribution in [0.1, 0.15) is 37.9 Å². The predicted molar refractivity (Wildman–Crippen MR) is 115 cm³/mol. The number of carbonyl (C=O) groups excluding carboxylic acids is 1. The number of hydrazone groups is 1. The van der Waals surface area contributed by atoms with Crippen molar-refractivity contribution in [1.29, 1.82) is 0 Å². The van der Waals surface area contributed by atoms with E-state index in [1.165, 1.54) is 21.1 Å².